The van der Waals surface area contributed by atoms with Gasteiger partial charge in [0.25, 0.3) is 11.5 Å². The number of rotatable bonds is 5. The molecule has 0 aliphatic carbocycles. The molecule has 1 amide bonds. The number of allylic oxidation sites excluding steroid dienone is 2. The summed E-state index contributed by atoms with van der Waals surface area (Å²) in [5.41, 5.74) is 2.77. The van der Waals surface area contributed by atoms with Crippen LogP contribution in [0.1, 0.15) is 30.1 Å². The number of carbonyl (C=O) groups is 1. The molecular formula is C23H25N3O3. The number of amides is 1. The molecule has 1 saturated heterocycles. The Morgan fingerprint density at radius 1 is 1.21 bits per heavy atom. The van der Waals surface area contributed by atoms with Crippen molar-refractivity contribution in [1.29, 1.82) is 0 Å². The van der Waals surface area contributed by atoms with E-state index in [1.165, 1.54) is 0 Å². The minimum absolute atomic E-state index is 0.0407. The molecule has 6 nitrogen and oxygen atoms in total. The second kappa shape index (κ2) is 7.99. The maximum Gasteiger partial charge on any atom is 0.275 e. The number of methoxy groups -OCH3 is 1. The summed E-state index contributed by atoms with van der Waals surface area (Å²) in [5, 5.41) is 0.816. The van der Waals surface area contributed by atoms with E-state index >= 15 is 0 Å². The van der Waals surface area contributed by atoms with Crippen molar-refractivity contribution in [3.63, 3.8) is 0 Å². The number of aromatic amines is 1. The third-order valence-electron chi connectivity index (χ3n) is 5.46. The Bertz CT molecular complexity index is 1130. The molecule has 1 N–H and O–H groups in total. The summed E-state index contributed by atoms with van der Waals surface area (Å²) in [4.78, 5) is 30.7. The molecule has 2 aromatic heterocycles. The molecule has 29 heavy (non-hydrogen) atoms. The molecule has 1 aliphatic heterocycles. The Kier molecular flexibility index (Phi) is 5.25. The van der Waals surface area contributed by atoms with Gasteiger partial charge < -0.3 is 19.2 Å². The van der Waals surface area contributed by atoms with Gasteiger partial charge in [0.2, 0.25) is 0 Å². The van der Waals surface area contributed by atoms with Gasteiger partial charge in [0, 0.05) is 54.1 Å². The van der Waals surface area contributed by atoms with E-state index in [0.717, 1.165) is 42.4 Å². The number of nitrogens with zero attached hydrogens (tertiary/aromatic N) is 2. The summed E-state index contributed by atoms with van der Waals surface area (Å²) in [5.74, 6) is 0.709. The Balaban J connectivity index is 1.89. The summed E-state index contributed by atoms with van der Waals surface area (Å²) in [6, 6.07) is 7.41. The maximum absolute atomic E-state index is 12.9. The number of pyridine rings is 1. The molecule has 0 saturated carbocycles. The lowest BCUT2D eigenvalue weighted by atomic mass is 9.99. The number of benzene rings is 1. The second-order valence-corrected chi connectivity index (χ2v) is 7.25. The smallest absolute Gasteiger partial charge is 0.275 e. The molecule has 1 aromatic carbocycles. The van der Waals surface area contributed by atoms with Gasteiger partial charge in [-0.25, -0.2) is 0 Å². The van der Waals surface area contributed by atoms with Gasteiger partial charge in [-0.2, -0.15) is 0 Å². The Morgan fingerprint density at radius 2 is 2.00 bits per heavy atom. The number of nitrogens with one attached hydrogen (secondary N) is 1. The van der Waals surface area contributed by atoms with Crippen LogP contribution in [-0.4, -0.2) is 40.6 Å². The van der Waals surface area contributed by atoms with Crippen LogP contribution < -0.4 is 10.3 Å². The lowest BCUT2D eigenvalue weighted by Crippen LogP contribution is -2.27. The summed E-state index contributed by atoms with van der Waals surface area (Å²) in [6.45, 7) is 4.01. The number of hydrogen-bond donors (Lipinski definition) is 1. The molecule has 1 aliphatic rings. The van der Waals surface area contributed by atoms with Crippen LogP contribution >= 0.6 is 0 Å². The summed E-state index contributed by atoms with van der Waals surface area (Å²) in [7, 11) is 1.62. The molecule has 150 valence electrons. The monoisotopic (exact) mass is 391 g/mol. The maximum atomic E-state index is 12.9. The molecule has 0 spiro atoms. The van der Waals surface area contributed by atoms with Crippen molar-refractivity contribution < 1.29 is 9.53 Å². The number of ether oxygens (including phenoxy) is 1. The van der Waals surface area contributed by atoms with Crippen molar-refractivity contribution in [3.8, 4) is 16.9 Å². The van der Waals surface area contributed by atoms with Crippen LogP contribution in [0.25, 0.3) is 22.0 Å². The zero-order chi connectivity index (χ0) is 20.4. The fraction of sp³-hybridized carbons (Fsp3) is 0.304. The van der Waals surface area contributed by atoms with E-state index in [2.05, 4.69) is 4.98 Å². The highest BCUT2D eigenvalue weighted by Crippen LogP contribution is 2.35. The molecule has 0 bridgehead atoms. The van der Waals surface area contributed by atoms with E-state index in [9.17, 15) is 9.59 Å². The third kappa shape index (κ3) is 3.46. The first-order valence-corrected chi connectivity index (χ1v) is 9.93. The van der Waals surface area contributed by atoms with Crippen molar-refractivity contribution >= 4 is 16.8 Å². The van der Waals surface area contributed by atoms with Crippen LogP contribution in [0, 0.1) is 0 Å². The zero-order valence-electron chi connectivity index (χ0n) is 16.8. The van der Waals surface area contributed by atoms with Crippen molar-refractivity contribution in [2.24, 2.45) is 0 Å². The summed E-state index contributed by atoms with van der Waals surface area (Å²) in [6.07, 6.45) is 9.57. The summed E-state index contributed by atoms with van der Waals surface area (Å²) >= 11 is 0. The standard InChI is InChI=1S/C23H25N3O3/c1-3-4-11-26-15-19(17-9-10-24-21(17)23(26)28)18-14-16(7-8-20(18)29-2)22(27)25-12-5-6-13-25/h3-4,7-10,14-15,24H,5-6,11-13H2,1-2H3. The first kappa shape index (κ1) is 19.1. The lowest BCUT2D eigenvalue weighted by Gasteiger charge is -2.18. The lowest BCUT2D eigenvalue weighted by molar-refractivity contribution is 0.0793. The predicted octanol–water partition coefficient (Wildman–Crippen LogP) is 3.82. The molecule has 3 aromatic rings. The second-order valence-electron chi connectivity index (χ2n) is 7.25. The van der Waals surface area contributed by atoms with Crippen LogP contribution in [0.4, 0.5) is 0 Å². The fourth-order valence-corrected chi connectivity index (χ4v) is 3.92. The SMILES string of the molecule is CC=CCn1cc(-c2cc(C(=O)N3CCCC3)ccc2OC)c2cc[nH]c2c1=O. The van der Waals surface area contributed by atoms with Crippen molar-refractivity contribution in [2.45, 2.75) is 26.3 Å². The number of aromatic nitrogens is 2. The van der Waals surface area contributed by atoms with Gasteiger partial charge >= 0.3 is 0 Å². The van der Waals surface area contributed by atoms with E-state index in [-0.39, 0.29) is 11.5 Å². The van der Waals surface area contributed by atoms with Crippen LogP contribution in [0.5, 0.6) is 5.75 Å². The average Bonchev–Trinajstić information content (AvgIpc) is 3.45. The predicted molar refractivity (Wildman–Crippen MR) is 114 cm³/mol. The largest absolute Gasteiger partial charge is 0.496 e. The molecule has 0 unspecified atom stereocenters. The number of hydrogen-bond acceptors (Lipinski definition) is 3. The van der Waals surface area contributed by atoms with Crippen molar-refractivity contribution in [3.05, 3.63) is 64.7 Å². The van der Waals surface area contributed by atoms with Gasteiger partial charge in [-0.05, 0) is 44.0 Å². The van der Waals surface area contributed by atoms with Gasteiger partial charge in [-0.3, -0.25) is 9.59 Å². The molecule has 0 atom stereocenters. The molecule has 6 heteroatoms. The molecule has 0 radical (unpaired) electrons. The first-order valence-electron chi connectivity index (χ1n) is 9.93. The number of carbonyl (C=O) groups excluding carboxylic acids is 1. The summed E-state index contributed by atoms with van der Waals surface area (Å²) < 4.78 is 7.27. The van der Waals surface area contributed by atoms with Crippen LogP contribution in [-0.2, 0) is 6.54 Å². The van der Waals surface area contributed by atoms with Crippen LogP contribution in [0.15, 0.2) is 53.6 Å². The minimum Gasteiger partial charge on any atom is -0.496 e. The average molecular weight is 391 g/mol. The van der Waals surface area contributed by atoms with E-state index in [4.69, 9.17) is 4.74 Å². The number of H-pyrrole nitrogens is 1. The molecule has 4 rings (SSSR count). The minimum atomic E-state index is -0.0740. The third-order valence-corrected chi connectivity index (χ3v) is 5.46. The Morgan fingerprint density at radius 3 is 2.72 bits per heavy atom. The zero-order valence-corrected chi connectivity index (χ0v) is 16.8. The molecule has 1 fully saturated rings. The van der Waals surface area contributed by atoms with Gasteiger partial charge in [-0.1, -0.05) is 12.2 Å². The molecular weight excluding hydrogens is 366 g/mol. The van der Waals surface area contributed by atoms with Crippen molar-refractivity contribution in [1.82, 2.24) is 14.5 Å². The highest BCUT2D eigenvalue weighted by Gasteiger charge is 2.22. The normalized spacial score (nSPS) is 14.2. The fourth-order valence-electron chi connectivity index (χ4n) is 3.92. The van der Waals surface area contributed by atoms with Gasteiger partial charge in [-0.15, -0.1) is 0 Å². The quantitative estimate of drug-likeness (QED) is 0.673. The molecule has 3 heterocycles. The Labute approximate surface area is 169 Å². The highest BCUT2D eigenvalue weighted by molar-refractivity contribution is 6.00. The highest BCUT2D eigenvalue weighted by atomic mass is 16.5. The first-order chi connectivity index (χ1) is 14.1. The van der Waals surface area contributed by atoms with E-state index in [1.807, 2.05) is 54.4 Å². The van der Waals surface area contributed by atoms with Gasteiger partial charge in [0.15, 0.2) is 0 Å². The topological polar surface area (TPSA) is 67.3 Å². The Hall–Kier alpha value is -3.28. The van der Waals surface area contributed by atoms with E-state index in [0.29, 0.717) is 23.4 Å². The number of likely N-dealkylation sites (tertiary alicyclic amines) is 1. The van der Waals surface area contributed by atoms with Gasteiger partial charge in [0.1, 0.15) is 11.3 Å². The van der Waals surface area contributed by atoms with Gasteiger partial charge in [0.05, 0.1) is 7.11 Å². The van der Waals surface area contributed by atoms with E-state index < -0.39 is 0 Å². The number of fused-ring (bicyclic) bond motifs is 1. The van der Waals surface area contributed by atoms with E-state index in [1.54, 1.807) is 17.9 Å². The van der Waals surface area contributed by atoms with Crippen LogP contribution in [0.2, 0.25) is 0 Å². The van der Waals surface area contributed by atoms with Crippen LogP contribution in [0.3, 0.4) is 0 Å². The van der Waals surface area contributed by atoms with Crippen molar-refractivity contribution in [2.75, 3.05) is 20.2 Å².